The molecule has 2 aromatic heterocycles. The lowest BCUT2D eigenvalue weighted by Crippen LogP contribution is -2.38. The molecule has 5 rings (SSSR count). The molecule has 3 aromatic carbocycles. The van der Waals surface area contributed by atoms with Gasteiger partial charge in [-0.2, -0.15) is 13.2 Å². The first kappa shape index (κ1) is 25.7. The molecule has 0 spiro atoms. The summed E-state index contributed by atoms with van der Waals surface area (Å²) in [5.41, 5.74) is 2.44. The number of halogens is 3. The molecule has 38 heavy (non-hydrogen) atoms. The van der Waals surface area contributed by atoms with Crippen LogP contribution >= 0.6 is 11.3 Å². The van der Waals surface area contributed by atoms with Crippen LogP contribution in [0, 0.1) is 0 Å². The third-order valence-electron chi connectivity index (χ3n) is 6.28. The smallest absolute Gasteiger partial charge is 0.383 e. The lowest BCUT2D eigenvalue weighted by Gasteiger charge is -2.23. The topological polar surface area (TPSA) is 58.9 Å². The van der Waals surface area contributed by atoms with Gasteiger partial charge in [-0.3, -0.25) is 4.40 Å². The van der Waals surface area contributed by atoms with Gasteiger partial charge in [0.05, 0.1) is 17.9 Å². The van der Waals surface area contributed by atoms with Gasteiger partial charge in [0, 0.05) is 55.1 Å². The van der Waals surface area contributed by atoms with E-state index in [9.17, 15) is 18.0 Å². The standard InChI is InChI=1S/C28H25F3N4O2S/c1-37-15-14-34(26(36)32-23-10-8-22(9-11-23)28(29,30)31)13-12-24-18-38-27-33-25(17-35(24)27)21-7-6-19-4-2-3-5-20(19)16-21/h2-11,16-18H,12-15H2,1H3,(H,32,36). The van der Waals surface area contributed by atoms with Gasteiger partial charge in [-0.05, 0) is 41.1 Å². The van der Waals surface area contributed by atoms with Gasteiger partial charge in [-0.25, -0.2) is 9.78 Å². The summed E-state index contributed by atoms with van der Waals surface area (Å²) in [4.78, 5) is 20.2. The Labute approximate surface area is 221 Å². The van der Waals surface area contributed by atoms with Gasteiger partial charge in [-0.1, -0.05) is 36.4 Å². The maximum Gasteiger partial charge on any atom is 0.416 e. The van der Waals surface area contributed by atoms with Gasteiger partial charge in [0.2, 0.25) is 0 Å². The number of urea groups is 1. The van der Waals surface area contributed by atoms with Crippen LogP contribution in [-0.4, -0.2) is 47.1 Å². The molecule has 0 unspecified atom stereocenters. The van der Waals surface area contributed by atoms with Crippen molar-refractivity contribution >= 4 is 38.8 Å². The van der Waals surface area contributed by atoms with E-state index in [1.54, 1.807) is 12.0 Å². The van der Waals surface area contributed by atoms with E-state index in [-0.39, 0.29) is 5.69 Å². The summed E-state index contributed by atoms with van der Waals surface area (Å²) in [6.45, 7) is 1.06. The highest BCUT2D eigenvalue weighted by atomic mass is 32.1. The first-order valence-electron chi connectivity index (χ1n) is 12.0. The zero-order chi connectivity index (χ0) is 26.7. The predicted molar refractivity (Wildman–Crippen MR) is 144 cm³/mol. The first-order valence-corrected chi connectivity index (χ1v) is 12.9. The molecule has 0 saturated heterocycles. The fraction of sp³-hybridized carbons (Fsp3) is 0.214. The number of thiazole rings is 1. The van der Waals surface area contributed by atoms with Crippen molar-refractivity contribution in [1.82, 2.24) is 14.3 Å². The fourth-order valence-corrected chi connectivity index (χ4v) is 5.12. The van der Waals surface area contributed by atoms with Crippen molar-refractivity contribution in [2.24, 2.45) is 0 Å². The largest absolute Gasteiger partial charge is 0.416 e. The Hall–Kier alpha value is -3.89. The molecule has 0 saturated carbocycles. The summed E-state index contributed by atoms with van der Waals surface area (Å²) in [6, 6.07) is 18.4. The van der Waals surface area contributed by atoms with Gasteiger partial charge in [0.1, 0.15) is 0 Å². The second kappa shape index (κ2) is 10.8. The van der Waals surface area contributed by atoms with Crippen LogP contribution in [0.5, 0.6) is 0 Å². The molecule has 10 heteroatoms. The van der Waals surface area contributed by atoms with Crippen LogP contribution in [-0.2, 0) is 17.3 Å². The van der Waals surface area contributed by atoms with Crippen LogP contribution in [0.2, 0.25) is 0 Å². The van der Waals surface area contributed by atoms with Crippen molar-refractivity contribution in [3.8, 4) is 11.3 Å². The number of carbonyl (C=O) groups is 1. The SMILES string of the molecule is COCCN(CCc1csc2nc(-c3ccc4ccccc4c3)cn12)C(=O)Nc1ccc(C(F)(F)F)cc1. The number of hydrogen-bond acceptors (Lipinski definition) is 4. The van der Waals surface area contributed by atoms with E-state index < -0.39 is 17.8 Å². The average molecular weight is 539 g/mol. The third kappa shape index (κ3) is 5.66. The molecule has 0 radical (unpaired) electrons. The van der Waals surface area contributed by atoms with Gasteiger partial charge < -0.3 is 15.0 Å². The predicted octanol–water partition coefficient (Wildman–Crippen LogP) is 6.96. The summed E-state index contributed by atoms with van der Waals surface area (Å²) in [5.74, 6) is 0. The number of carbonyl (C=O) groups excluding carboxylic acids is 1. The van der Waals surface area contributed by atoms with Crippen LogP contribution in [0.25, 0.3) is 27.0 Å². The van der Waals surface area contributed by atoms with E-state index in [4.69, 9.17) is 9.72 Å². The minimum absolute atomic E-state index is 0.290. The molecule has 2 heterocycles. The van der Waals surface area contributed by atoms with E-state index in [2.05, 4.69) is 35.6 Å². The minimum Gasteiger partial charge on any atom is -0.383 e. The van der Waals surface area contributed by atoms with Crippen molar-refractivity contribution in [1.29, 1.82) is 0 Å². The molecule has 0 aliphatic rings. The quantitative estimate of drug-likeness (QED) is 0.232. The molecule has 6 nitrogen and oxygen atoms in total. The molecule has 0 aliphatic carbocycles. The molecule has 1 N–H and O–H groups in total. The van der Waals surface area contributed by atoms with Gasteiger partial charge in [0.15, 0.2) is 4.96 Å². The Morgan fingerprint density at radius 3 is 2.55 bits per heavy atom. The Kier molecular flexibility index (Phi) is 7.35. The molecule has 0 aliphatic heterocycles. The first-order chi connectivity index (χ1) is 18.3. The van der Waals surface area contributed by atoms with Crippen LogP contribution in [0.4, 0.5) is 23.7 Å². The zero-order valence-electron chi connectivity index (χ0n) is 20.5. The van der Waals surface area contributed by atoms with Crippen LogP contribution in [0.3, 0.4) is 0 Å². The number of benzene rings is 3. The summed E-state index contributed by atoms with van der Waals surface area (Å²) >= 11 is 1.53. The Bertz CT molecular complexity index is 1560. The summed E-state index contributed by atoms with van der Waals surface area (Å²) in [7, 11) is 1.55. The number of rotatable bonds is 8. The Morgan fingerprint density at radius 1 is 1.05 bits per heavy atom. The van der Waals surface area contributed by atoms with Crippen LogP contribution in [0.1, 0.15) is 11.3 Å². The van der Waals surface area contributed by atoms with Crippen molar-refractivity contribution in [2.45, 2.75) is 12.6 Å². The molecular weight excluding hydrogens is 513 g/mol. The Morgan fingerprint density at radius 2 is 1.82 bits per heavy atom. The number of imidazole rings is 1. The maximum absolute atomic E-state index is 12.9. The molecule has 196 valence electrons. The van der Waals surface area contributed by atoms with E-state index >= 15 is 0 Å². The number of anilines is 1. The number of methoxy groups -OCH3 is 1. The van der Waals surface area contributed by atoms with Crippen molar-refractivity contribution in [3.63, 3.8) is 0 Å². The number of amides is 2. The molecule has 0 bridgehead atoms. The van der Waals surface area contributed by atoms with Crippen LogP contribution < -0.4 is 5.32 Å². The van der Waals surface area contributed by atoms with E-state index in [0.717, 1.165) is 39.4 Å². The number of aromatic nitrogens is 2. The second-order valence-electron chi connectivity index (χ2n) is 8.80. The lowest BCUT2D eigenvalue weighted by atomic mass is 10.1. The van der Waals surface area contributed by atoms with E-state index in [1.165, 1.54) is 28.9 Å². The lowest BCUT2D eigenvalue weighted by molar-refractivity contribution is -0.137. The summed E-state index contributed by atoms with van der Waals surface area (Å²) in [6.07, 6.45) is -1.86. The third-order valence-corrected chi connectivity index (χ3v) is 7.17. The zero-order valence-corrected chi connectivity index (χ0v) is 21.4. The number of alkyl halides is 3. The van der Waals surface area contributed by atoms with E-state index in [0.29, 0.717) is 26.1 Å². The molecule has 2 amide bonds. The monoisotopic (exact) mass is 538 g/mol. The second-order valence-corrected chi connectivity index (χ2v) is 9.64. The van der Waals surface area contributed by atoms with Crippen molar-refractivity contribution in [2.75, 3.05) is 32.1 Å². The number of nitrogens with zero attached hydrogens (tertiary/aromatic N) is 3. The highest BCUT2D eigenvalue weighted by molar-refractivity contribution is 7.15. The molecular formula is C28H25F3N4O2S. The number of ether oxygens (including phenoxy) is 1. The van der Waals surface area contributed by atoms with Gasteiger partial charge in [0.25, 0.3) is 0 Å². The van der Waals surface area contributed by atoms with Crippen molar-refractivity contribution in [3.05, 3.63) is 89.6 Å². The number of fused-ring (bicyclic) bond motifs is 2. The van der Waals surface area contributed by atoms with Gasteiger partial charge in [-0.15, -0.1) is 11.3 Å². The molecule has 5 aromatic rings. The average Bonchev–Trinajstić information content (AvgIpc) is 3.50. The molecule has 0 atom stereocenters. The molecule has 0 fully saturated rings. The number of hydrogen-bond donors (Lipinski definition) is 1. The van der Waals surface area contributed by atoms with Crippen LogP contribution in [0.15, 0.2) is 78.3 Å². The maximum atomic E-state index is 12.9. The number of nitrogens with one attached hydrogen (secondary N) is 1. The van der Waals surface area contributed by atoms with E-state index in [1.807, 2.05) is 28.1 Å². The van der Waals surface area contributed by atoms with Crippen molar-refractivity contribution < 1.29 is 22.7 Å². The fourth-order valence-electron chi connectivity index (χ4n) is 4.21. The van der Waals surface area contributed by atoms with Gasteiger partial charge >= 0.3 is 12.2 Å². The highest BCUT2D eigenvalue weighted by Gasteiger charge is 2.30. The summed E-state index contributed by atoms with van der Waals surface area (Å²) < 4.78 is 45.7. The highest BCUT2D eigenvalue weighted by Crippen LogP contribution is 2.30. The minimum atomic E-state index is -4.43. The summed E-state index contributed by atoms with van der Waals surface area (Å²) in [5, 5.41) is 7.02. The Balaban J connectivity index is 1.29. The normalized spacial score (nSPS) is 11.8.